The summed E-state index contributed by atoms with van der Waals surface area (Å²) in [6.07, 6.45) is 4.28. The minimum atomic E-state index is -0.0396. The number of hydrogen-bond donors (Lipinski definition) is 3. The van der Waals surface area contributed by atoms with Gasteiger partial charge in [0.1, 0.15) is 0 Å². The molecule has 0 saturated heterocycles. The molecule has 2 aromatic carbocycles. The van der Waals surface area contributed by atoms with Crippen LogP contribution in [0.1, 0.15) is 39.0 Å². The summed E-state index contributed by atoms with van der Waals surface area (Å²) in [5, 5.41) is 9.77. The normalized spacial score (nSPS) is 16.6. The molecule has 2 aliphatic rings. The maximum atomic E-state index is 12.7. The second-order valence-corrected chi connectivity index (χ2v) is 7.08. The SMILES string of the molecule is Cc1cc(C2=CCNCC2)ccc1C(=O)Nc1ccc2c(c1)CCNC2. The Morgan fingerprint density at radius 1 is 1.00 bits per heavy atom. The van der Waals surface area contributed by atoms with Crippen molar-refractivity contribution in [2.45, 2.75) is 26.3 Å². The van der Waals surface area contributed by atoms with Crippen LogP contribution in [0.3, 0.4) is 0 Å². The molecule has 2 heterocycles. The third-order valence-corrected chi connectivity index (χ3v) is 5.26. The zero-order valence-electron chi connectivity index (χ0n) is 15.2. The predicted octanol–water partition coefficient (Wildman–Crippen LogP) is 3.27. The fourth-order valence-electron chi connectivity index (χ4n) is 3.76. The molecule has 0 spiro atoms. The summed E-state index contributed by atoms with van der Waals surface area (Å²) in [7, 11) is 0. The smallest absolute Gasteiger partial charge is 0.255 e. The van der Waals surface area contributed by atoms with Crippen molar-refractivity contribution in [3.8, 4) is 0 Å². The Kier molecular flexibility index (Phi) is 4.87. The summed E-state index contributed by atoms with van der Waals surface area (Å²) in [6, 6.07) is 12.4. The average Bonchev–Trinajstić information content (AvgIpc) is 2.68. The molecule has 0 fully saturated rings. The van der Waals surface area contributed by atoms with Gasteiger partial charge < -0.3 is 16.0 Å². The molecule has 4 heteroatoms. The van der Waals surface area contributed by atoms with Gasteiger partial charge in [0.05, 0.1) is 0 Å². The third kappa shape index (κ3) is 3.57. The first-order valence-electron chi connectivity index (χ1n) is 9.35. The van der Waals surface area contributed by atoms with Crippen molar-refractivity contribution < 1.29 is 4.79 Å². The summed E-state index contributed by atoms with van der Waals surface area (Å²) in [5.41, 5.74) is 7.87. The van der Waals surface area contributed by atoms with E-state index in [1.165, 1.54) is 22.3 Å². The lowest BCUT2D eigenvalue weighted by molar-refractivity contribution is 0.102. The first-order chi connectivity index (χ1) is 12.7. The highest BCUT2D eigenvalue weighted by molar-refractivity contribution is 6.05. The van der Waals surface area contributed by atoms with Crippen molar-refractivity contribution in [3.63, 3.8) is 0 Å². The van der Waals surface area contributed by atoms with E-state index in [1.54, 1.807) is 0 Å². The summed E-state index contributed by atoms with van der Waals surface area (Å²) in [6.45, 7) is 5.86. The van der Waals surface area contributed by atoms with Crippen LogP contribution in [0.4, 0.5) is 5.69 Å². The molecule has 0 radical (unpaired) electrons. The fraction of sp³-hybridized carbons (Fsp3) is 0.318. The van der Waals surface area contributed by atoms with Gasteiger partial charge in [0, 0.05) is 24.3 Å². The van der Waals surface area contributed by atoms with Crippen molar-refractivity contribution in [3.05, 3.63) is 70.3 Å². The van der Waals surface area contributed by atoms with Crippen LogP contribution in [0, 0.1) is 6.92 Å². The first kappa shape index (κ1) is 17.0. The number of aryl methyl sites for hydroxylation is 1. The highest BCUT2D eigenvalue weighted by atomic mass is 16.1. The van der Waals surface area contributed by atoms with E-state index in [9.17, 15) is 4.79 Å². The topological polar surface area (TPSA) is 53.2 Å². The molecule has 134 valence electrons. The lowest BCUT2D eigenvalue weighted by atomic mass is 9.96. The van der Waals surface area contributed by atoms with Crippen molar-refractivity contribution >= 4 is 17.2 Å². The van der Waals surface area contributed by atoms with Crippen molar-refractivity contribution in [1.29, 1.82) is 0 Å². The highest BCUT2D eigenvalue weighted by Crippen LogP contribution is 2.24. The number of carbonyl (C=O) groups excluding carboxylic acids is 1. The van der Waals surface area contributed by atoms with Gasteiger partial charge >= 0.3 is 0 Å². The number of nitrogens with one attached hydrogen (secondary N) is 3. The lowest BCUT2D eigenvalue weighted by Crippen LogP contribution is -2.23. The zero-order valence-corrected chi connectivity index (χ0v) is 15.2. The number of benzene rings is 2. The van der Waals surface area contributed by atoms with Crippen LogP contribution >= 0.6 is 0 Å². The molecule has 0 bridgehead atoms. The molecule has 2 aromatic rings. The van der Waals surface area contributed by atoms with E-state index >= 15 is 0 Å². The maximum absolute atomic E-state index is 12.7. The monoisotopic (exact) mass is 347 g/mol. The van der Waals surface area contributed by atoms with Crippen LogP contribution < -0.4 is 16.0 Å². The van der Waals surface area contributed by atoms with Crippen molar-refractivity contribution in [2.24, 2.45) is 0 Å². The van der Waals surface area contributed by atoms with Gasteiger partial charge in [-0.1, -0.05) is 24.3 Å². The van der Waals surface area contributed by atoms with Gasteiger partial charge in [-0.2, -0.15) is 0 Å². The minimum Gasteiger partial charge on any atom is -0.322 e. The van der Waals surface area contributed by atoms with Crippen molar-refractivity contribution in [1.82, 2.24) is 10.6 Å². The Bertz CT molecular complexity index is 870. The molecule has 0 saturated carbocycles. The fourth-order valence-corrected chi connectivity index (χ4v) is 3.76. The molecule has 3 N–H and O–H groups in total. The standard InChI is InChI=1S/C22H25N3O/c1-15-12-17(16-6-9-23-10-7-16)3-5-21(15)22(26)25-20-4-2-19-14-24-11-8-18(19)13-20/h2-6,12-13,23-24H,7-11,14H2,1H3,(H,25,26). The molecule has 4 nitrogen and oxygen atoms in total. The van der Waals surface area contributed by atoms with Gasteiger partial charge in [0.15, 0.2) is 0 Å². The van der Waals surface area contributed by atoms with Gasteiger partial charge in [0.2, 0.25) is 0 Å². The molecule has 26 heavy (non-hydrogen) atoms. The van der Waals surface area contributed by atoms with E-state index in [0.29, 0.717) is 0 Å². The second-order valence-electron chi connectivity index (χ2n) is 7.08. The first-order valence-corrected chi connectivity index (χ1v) is 9.35. The van der Waals surface area contributed by atoms with E-state index in [1.807, 2.05) is 19.1 Å². The summed E-state index contributed by atoms with van der Waals surface area (Å²) >= 11 is 0. The second kappa shape index (κ2) is 7.44. The van der Waals surface area contributed by atoms with E-state index in [-0.39, 0.29) is 5.91 Å². The summed E-state index contributed by atoms with van der Waals surface area (Å²) in [4.78, 5) is 12.7. The van der Waals surface area contributed by atoms with Gasteiger partial charge in [-0.05, 0) is 78.9 Å². The van der Waals surface area contributed by atoms with Crippen LogP contribution in [-0.2, 0) is 13.0 Å². The van der Waals surface area contributed by atoms with Gasteiger partial charge in [-0.15, -0.1) is 0 Å². The Morgan fingerprint density at radius 2 is 1.88 bits per heavy atom. The molecule has 0 aromatic heterocycles. The Balaban J connectivity index is 1.52. The molecular weight excluding hydrogens is 322 g/mol. The van der Waals surface area contributed by atoms with Crippen LogP contribution in [-0.4, -0.2) is 25.5 Å². The molecule has 1 amide bonds. The quantitative estimate of drug-likeness (QED) is 0.799. The molecule has 0 atom stereocenters. The lowest BCUT2D eigenvalue weighted by Gasteiger charge is -2.18. The number of amides is 1. The Labute approximate surface area is 154 Å². The number of hydrogen-bond acceptors (Lipinski definition) is 3. The Morgan fingerprint density at radius 3 is 2.69 bits per heavy atom. The number of anilines is 1. The summed E-state index contributed by atoms with van der Waals surface area (Å²) in [5.74, 6) is -0.0396. The van der Waals surface area contributed by atoms with E-state index in [4.69, 9.17) is 0 Å². The van der Waals surface area contributed by atoms with Gasteiger partial charge in [-0.25, -0.2) is 0 Å². The van der Waals surface area contributed by atoms with E-state index in [2.05, 4.69) is 46.3 Å². The molecule has 2 aliphatic heterocycles. The summed E-state index contributed by atoms with van der Waals surface area (Å²) < 4.78 is 0. The van der Waals surface area contributed by atoms with Crippen LogP contribution in [0.2, 0.25) is 0 Å². The third-order valence-electron chi connectivity index (χ3n) is 5.26. The van der Waals surface area contributed by atoms with Crippen molar-refractivity contribution in [2.75, 3.05) is 25.0 Å². The molecular formula is C22H25N3O. The largest absolute Gasteiger partial charge is 0.322 e. The number of rotatable bonds is 3. The predicted molar refractivity (Wildman–Crippen MR) is 106 cm³/mol. The zero-order chi connectivity index (χ0) is 17.9. The highest BCUT2D eigenvalue weighted by Gasteiger charge is 2.14. The van der Waals surface area contributed by atoms with E-state index in [0.717, 1.165) is 55.8 Å². The molecule has 0 aliphatic carbocycles. The molecule has 0 unspecified atom stereocenters. The van der Waals surface area contributed by atoms with Gasteiger partial charge in [-0.3, -0.25) is 4.79 Å². The van der Waals surface area contributed by atoms with Gasteiger partial charge in [0.25, 0.3) is 5.91 Å². The van der Waals surface area contributed by atoms with Crippen LogP contribution in [0.15, 0.2) is 42.5 Å². The Hall–Kier alpha value is -2.43. The average molecular weight is 347 g/mol. The van der Waals surface area contributed by atoms with Crippen LogP contribution in [0.25, 0.3) is 5.57 Å². The maximum Gasteiger partial charge on any atom is 0.255 e. The van der Waals surface area contributed by atoms with E-state index < -0.39 is 0 Å². The van der Waals surface area contributed by atoms with Crippen LogP contribution in [0.5, 0.6) is 0 Å². The number of carbonyl (C=O) groups is 1. The number of fused-ring (bicyclic) bond motifs is 1. The molecule has 4 rings (SSSR count). The minimum absolute atomic E-state index is 0.0396.